The zero-order chi connectivity index (χ0) is 11.5. The topological polar surface area (TPSA) is 30.3 Å². The van der Waals surface area contributed by atoms with E-state index in [0.29, 0.717) is 0 Å². The summed E-state index contributed by atoms with van der Waals surface area (Å²) < 4.78 is 0. The normalized spacial score (nSPS) is 19.3. The van der Waals surface area contributed by atoms with E-state index in [1.54, 1.807) is 0 Å². The lowest BCUT2D eigenvalue weighted by Crippen LogP contribution is -2.54. The van der Waals surface area contributed by atoms with Crippen molar-refractivity contribution in [2.75, 3.05) is 26.2 Å². The number of piperazine rings is 1. The monoisotopic (exact) mass is 211 g/mol. The highest BCUT2D eigenvalue weighted by atomic mass is 15.3. The largest absolute Gasteiger partial charge is 0.358 e. The molecule has 1 rings (SSSR count). The molecule has 0 saturated carbocycles. The number of hydrogen-bond donors (Lipinski definition) is 1. The van der Waals surface area contributed by atoms with Crippen LogP contribution >= 0.6 is 0 Å². The number of hydrogen-bond acceptors (Lipinski definition) is 2. The van der Waals surface area contributed by atoms with Crippen molar-refractivity contribution in [3.63, 3.8) is 0 Å². The van der Waals surface area contributed by atoms with Crippen LogP contribution in [-0.4, -0.2) is 47.4 Å². The third-order valence-corrected chi connectivity index (χ3v) is 3.10. The van der Waals surface area contributed by atoms with E-state index in [2.05, 4.69) is 37.5 Å². The zero-order valence-electron chi connectivity index (χ0n) is 10.6. The summed E-state index contributed by atoms with van der Waals surface area (Å²) in [6.07, 6.45) is 2.01. The summed E-state index contributed by atoms with van der Waals surface area (Å²) in [5, 5.41) is 7.91. The second-order valence-electron chi connectivity index (χ2n) is 5.34. The Bertz CT molecular complexity index is 209. The third-order valence-electron chi connectivity index (χ3n) is 3.10. The van der Waals surface area contributed by atoms with Crippen LogP contribution in [0.3, 0.4) is 0 Å². The van der Waals surface area contributed by atoms with E-state index in [-0.39, 0.29) is 5.54 Å². The third kappa shape index (κ3) is 3.49. The number of nitrogens with zero attached hydrogens (tertiary/aromatic N) is 2. The molecule has 3 heteroatoms. The van der Waals surface area contributed by atoms with Crippen molar-refractivity contribution < 1.29 is 0 Å². The second-order valence-corrected chi connectivity index (χ2v) is 5.34. The number of rotatable bonds is 2. The lowest BCUT2D eigenvalue weighted by Gasteiger charge is -2.43. The van der Waals surface area contributed by atoms with Gasteiger partial charge in [-0.15, -0.1) is 0 Å². The minimum absolute atomic E-state index is 0.277. The molecule has 0 atom stereocenters. The van der Waals surface area contributed by atoms with Gasteiger partial charge in [0.1, 0.15) is 0 Å². The fourth-order valence-corrected chi connectivity index (χ4v) is 2.04. The number of amidine groups is 1. The zero-order valence-corrected chi connectivity index (χ0v) is 10.6. The van der Waals surface area contributed by atoms with Gasteiger partial charge in [0.2, 0.25) is 0 Å². The van der Waals surface area contributed by atoms with Gasteiger partial charge in [0.05, 0.1) is 5.84 Å². The van der Waals surface area contributed by atoms with Crippen molar-refractivity contribution >= 4 is 5.84 Å². The summed E-state index contributed by atoms with van der Waals surface area (Å²) in [4.78, 5) is 4.73. The predicted octanol–water partition coefficient (Wildman–Crippen LogP) is 2.18. The summed E-state index contributed by atoms with van der Waals surface area (Å²) in [6.45, 7) is 13.2. The van der Waals surface area contributed by atoms with Crippen LogP contribution in [0.1, 0.15) is 40.5 Å². The maximum absolute atomic E-state index is 7.91. The molecule has 1 fully saturated rings. The molecule has 0 amide bonds. The summed E-state index contributed by atoms with van der Waals surface area (Å²) in [7, 11) is 0. The Balaban J connectivity index is 2.39. The van der Waals surface area contributed by atoms with Crippen LogP contribution in [0.25, 0.3) is 0 Å². The van der Waals surface area contributed by atoms with E-state index in [1.807, 2.05) is 0 Å². The molecule has 0 radical (unpaired) electrons. The molecule has 0 aliphatic carbocycles. The molecule has 0 bridgehead atoms. The van der Waals surface area contributed by atoms with Crippen molar-refractivity contribution in [1.82, 2.24) is 9.80 Å². The van der Waals surface area contributed by atoms with Gasteiger partial charge in [-0.05, 0) is 27.2 Å². The quantitative estimate of drug-likeness (QED) is 0.560. The van der Waals surface area contributed by atoms with E-state index in [1.165, 1.54) is 0 Å². The van der Waals surface area contributed by atoms with Crippen LogP contribution in [0.15, 0.2) is 0 Å². The van der Waals surface area contributed by atoms with Gasteiger partial charge in [-0.3, -0.25) is 10.3 Å². The minimum atomic E-state index is 0.277. The first-order valence-corrected chi connectivity index (χ1v) is 6.02. The molecule has 0 aromatic carbocycles. The van der Waals surface area contributed by atoms with E-state index in [0.717, 1.165) is 44.9 Å². The molecule has 0 spiro atoms. The molecular weight excluding hydrogens is 186 g/mol. The van der Waals surface area contributed by atoms with Crippen LogP contribution in [0.5, 0.6) is 0 Å². The fourth-order valence-electron chi connectivity index (χ4n) is 2.04. The van der Waals surface area contributed by atoms with Gasteiger partial charge < -0.3 is 4.90 Å². The van der Waals surface area contributed by atoms with Gasteiger partial charge in [-0.1, -0.05) is 6.92 Å². The molecule has 0 aromatic rings. The van der Waals surface area contributed by atoms with Crippen LogP contribution < -0.4 is 0 Å². The first-order chi connectivity index (χ1) is 6.95. The number of nitrogens with one attached hydrogen (secondary N) is 1. The van der Waals surface area contributed by atoms with Crippen LogP contribution in [-0.2, 0) is 0 Å². The average Bonchev–Trinajstić information content (AvgIpc) is 2.17. The Morgan fingerprint density at radius 1 is 1.13 bits per heavy atom. The van der Waals surface area contributed by atoms with Crippen molar-refractivity contribution in [1.29, 1.82) is 5.41 Å². The molecular formula is C12H25N3. The van der Waals surface area contributed by atoms with Gasteiger partial charge >= 0.3 is 0 Å². The van der Waals surface area contributed by atoms with Crippen molar-refractivity contribution in [2.24, 2.45) is 0 Å². The van der Waals surface area contributed by atoms with Gasteiger partial charge in [0.15, 0.2) is 0 Å². The SMILES string of the molecule is CCCC(=N)N1CCN(C(C)(C)C)CC1. The van der Waals surface area contributed by atoms with Gasteiger partial charge in [0, 0.05) is 38.1 Å². The van der Waals surface area contributed by atoms with E-state index < -0.39 is 0 Å². The van der Waals surface area contributed by atoms with E-state index >= 15 is 0 Å². The van der Waals surface area contributed by atoms with Gasteiger partial charge in [-0.2, -0.15) is 0 Å². The summed E-state index contributed by atoms with van der Waals surface area (Å²) >= 11 is 0. The molecule has 1 aliphatic rings. The lowest BCUT2D eigenvalue weighted by molar-refractivity contribution is 0.0873. The molecule has 1 heterocycles. The first-order valence-electron chi connectivity index (χ1n) is 6.02. The molecule has 88 valence electrons. The van der Waals surface area contributed by atoms with E-state index in [4.69, 9.17) is 5.41 Å². The predicted molar refractivity (Wildman–Crippen MR) is 65.5 cm³/mol. The van der Waals surface area contributed by atoms with Crippen LogP contribution in [0.2, 0.25) is 0 Å². The Morgan fingerprint density at radius 3 is 2.07 bits per heavy atom. The van der Waals surface area contributed by atoms with Gasteiger partial charge in [0.25, 0.3) is 0 Å². The Kier molecular flexibility index (Phi) is 4.14. The highest BCUT2D eigenvalue weighted by molar-refractivity contribution is 5.79. The molecule has 0 aromatic heterocycles. The Morgan fingerprint density at radius 2 is 1.67 bits per heavy atom. The summed E-state index contributed by atoms with van der Waals surface area (Å²) in [5.74, 6) is 0.825. The standard InChI is InChI=1S/C12H25N3/c1-5-6-11(13)14-7-9-15(10-8-14)12(2,3)4/h13H,5-10H2,1-4H3. The maximum Gasteiger partial charge on any atom is 0.0958 e. The average molecular weight is 211 g/mol. The second kappa shape index (κ2) is 4.97. The smallest absolute Gasteiger partial charge is 0.0958 e. The van der Waals surface area contributed by atoms with Crippen molar-refractivity contribution in [3.8, 4) is 0 Å². The Labute approximate surface area is 94.0 Å². The molecule has 1 aliphatic heterocycles. The molecule has 15 heavy (non-hydrogen) atoms. The lowest BCUT2D eigenvalue weighted by atomic mass is 10.0. The van der Waals surface area contributed by atoms with Crippen molar-refractivity contribution in [2.45, 2.75) is 46.1 Å². The van der Waals surface area contributed by atoms with Gasteiger partial charge in [-0.25, -0.2) is 0 Å². The molecule has 0 unspecified atom stereocenters. The van der Waals surface area contributed by atoms with Crippen LogP contribution in [0.4, 0.5) is 0 Å². The Hall–Kier alpha value is -0.570. The summed E-state index contributed by atoms with van der Waals surface area (Å²) in [5.41, 5.74) is 0.277. The van der Waals surface area contributed by atoms with Crippen molar-refractivity contribution in [3.05, 3.63) is 0 Å². The first kappa shape index (κ1) is 12.5. The summed E-state index contributed by atoms with van der Waals surface area (Å²) in [6, 6.07) is 0. The highest BCUT2D eigenvalue weighted by Gasteiger charge is 2.26. The van der Waals surface area contributed by atoms with E-state index in [9.17, 15) is 0 Å². The highest BCUT2D eigenvalue weighted by Crippen LogP contribution is 2.16. The van der Waals surface area contributed by atoms with Crippen LogP contribution in [0, 0.1) is 5.41 Å². The minimum Gasteiger partial charge on any atom is -0.358 e. The maximum atomic E-state index is 7.91. The fraction of sp³-hybridized carbons (Fsp3) is 0.917. The molecule has 1 N–H and O–H groups in total. The molecule has 1 saturated heterocycles. The molecule has 3 nitrogen and oxygen atoms in total.